The van der Waals surface area contributed by atoms with Crippen LogP contribution in [0.4, 0.5) is 0 Å². The van der Waals surface area contributed by atoms with Crippen LogP contribution in [-0.4, -0.2) is 40.7 Å². The molecule has 1 saturated heterocycles. The number of aliphatic hydroxyl groups is 1. The van der Waals surface area contributed by atoms with Crippen LogP contribution in [0.15, 0.2) is 0 Å². The standard InChI is InChI=1S/C10H20N2OS/c11-10(14)5-1-2-6-12-7-3-4-9(13)8-12/h9,13H,1-8H2,(H2,11,14). The Bertz CT molecular complexity index is 187. The molecule has 1 unspecified atom stereocenters. The molecule has 0 amide bonds. The second-order valence-electron chi connectivity index (χ2n) is 4.02. The third kappa shape index (κ3) is 4.88. The SMILES string of the molecule is NC(=S)CCCCN1CCCC(O)C1. The lowest BCUT2D eigenvalue weighted by molar-refractivity contribution is 0.0700. The quantitative estimate of drug-likeness (QED) is 0.529. The van der Waals surface area contributed by atoms with Crippen molar-refractivity contribution < 1.29 is 5.11 Å². The van der Waals surface area contributed by atoms with Crippen LogP contribution in [-0.2, 0) is 0 Å². The van der Waals surface area contributed by atoms with Gasteiger partial charge in [0.15, 0.2) is 0 Å². The van der Waals surface area contributed by atoms with Gasteiger partial charge in [0, 0.05) is 6.54 Å². The highest BCUT2D eigenvalue weighted by atomic mass is 32.1. The molecular formula is C10H20N2OS. The molecule has 0 aromatic heterocycles. The van der Waals surface area contributed by atoms with Crippen molar-refractivity contribution >= 4 is 17.2 Å². The van der Waals surface area contributed by atoms with E-state index in [1.165, 1.54) is 0 Å². The molecule has 0 aromatic carbocycles. The monoisotopic (exact) mass is 216 g/mol. The van der Waals surface area contributed by atoms with E-state index in [9.17, 15) is 5.11 Å². The molecule has 1 rings (SSSR count). The Morgan fingerprint density at radius 3 is 2.93 bits per heavy atom. The van der Waals surface area contributed by atoms with E-state index in [0.29, 0.717) is 4.99 Å². The van der Waals surface area contributed by atoms with Gasteiger partial charge in [-0.1, -0.05) is 12.2 Å². The second kappa shape index (κ2) is 6.32. The van der Waals surface area contributed by atoms with Crippen molar-refractivity contribution in [2.45, 2.75) is 38.2 Å². The van der Waals surface area contributed by atoms with Crippen LogP contribution in [0, 0.1) is 0 Å². The van der Waals surface area contributed by atoms with Gasteiger partial charge >= 0.3 is 0 Å². The number of β-amino-alcohol motifs (C(OH)–C–C–N with tert-alkyl or cyclic N) is 1. The first kappa shape index (κ1) is 11.9. The van der Waals surface area contributed by atoms with Gasteiger partial charge in [-0.2, -0.15) is 0 Å². The first-order chi connectivity index (χ1) is 6.68. The molecule has 1 aliphatic heterocycles. The van der Waals surface area contributed by atoms with E-state index in [4.69, 9.17) is 18.0 Å². The van der Waals surface area contributed by atoms with E-state index in [0.717, 1.165) is 51.7 Å². The Balaban J connectivity index is 2.03. The van der Waals surface area contributed by atoms with Crippen molar-refractivity contribution in [1.29, 1.82) is 0 Å². The van der Waals surface area contributed by atoms with E-state index < -0.39 is 0 Å². The lowest BCUT2D eigenvalue weighted by atomic mass is 10.1. The maximum Gasteiger partial charge on any atom is 0.0727 e. The van der Waals surface area contributed by atoms with Gasteiger partial charge in [0.1, 0.15) is 0 Å². The number of piperidine rings is 1. The summed E-state index contributed by atoms with van der Waals surface area (Å²) in [6.45, 7) is 3.04. The van der Waals surface area contributed by atoms with Gasteiger partial charge in [-0.05, 0) is 45.2 Å². The summed E-state index contributed by atoms with van der Waals surface area (Å²) in [5.74, 6) is 0. The number of unbranched alkanes of at least 4 members (excludes halogenated alkanes) is 1. The number of likely N-dealkylation sites (tertiary alicyclic amines) is 1. The molecule has 3 N–H and O–H groups in total. The summed E-state index contributed by atoms with van der Waals surface area (Å²) in [7, 11) is 0. The normalized spacial score (nSPS) is 23.6. The minimum atomic E-state index is -0.112. The van der Waals surface area contributed by atoms with E-state index in [1.54, 1.807) is 0 Å². The molecule has 1 fully saturated rings. The largest absolute Gasteiger partial charge is 0.393 e. The zero-order chi connectivity index (χ0) is 10.4. The van der Waals surface area contributed by atoms with E-state index in [1.807, 2.05) is 0 Å². The smallest absolute Gasteiger partial charge is 0.0727 e. The average molecular weight is 216 g/mol. The summed E-state index contributed by atoms with van der Waals surface area (Å²) < 4.78 is 0. The van der Waals surface area contributed by atoms with Gasteiger partial charge in [0.25, 0.3) is 0 Å². The molecule has 0 radical (unpaired) electrons. The number of hydrogen-bond donors (Lipinski definition) is 2. The zero-order valence-electron chi connectivity index (χ0n) is 8.61. The van der Waals surface area contributed by atoms with E-state index in [-0.39, 0.29) is 6.10 Å². The van der Waals surface area contributed by atoms with Crippen LogP contribution in [0.1, 0.15) is 32.1 Å². The van der Waals surface area contributed by atoms with Crippen molar-refractivity contribution in [3.05, 3.63) is 0 Å². The number of rotatable bonds is 5. The van der Waals surface area contributed by atoms with Gasteiger partial charge in [0.05, 0.1) is 11.1 Å². The predicted octanol–water partition coefficient (Wildman–Crippen LogP) is 0.899. The minimum Gasteiger partial charge on any atom is -0.393 e. The van der Waals surface area contributed by atoms with Crippen LogP contribution in [0.2, 0.25) is 0 Å². The molecule has 0 spiro atoms. The fourth-order valence-electron chi connectivity index (χ4n) is 1.87. The molecular weight excluding hydrogens is 196 g/mol. The average Bonchev–Trinajstić information content (AvgIpc) is 2.12. The fourth-order valence-corrected chi connectivity index (χ4v) is 2.01. The van der Waals surface area contributed by atoms with Gasteiger partial charge in [-0.15, -0.1) is 0 Å². The Labute approximate surface area is 91.3 Å². The number of nitrogens with zero attached hydrogens (tertiary/aromatic N) is 1. The Kier molecular flexibility index (Phi) is 5.37. The highest BCUT2D eigenvalue weighted by Crippen LogP contribution is 2.10. The van der Waals surface area contributed by atoms with Gasteiger partial charge in [0.2, 0.25) is 0 Å². The molecule has 0 aliphatic carbocycles. The molecule has 1 aliphatic rings. The summed E-state index contributed by atoms with van der Waals surface area (Å²) >= 11 is 4.81. The molecule has 0 aromatic rings. The van der Waals surface area contributed by atoms with Crippen molar-refractivity contribution in [2.24, 2.45) is 5.73 Å². The van der Waals surface area contributed by atoms with Crippen molar-refractivity contribution in [2.75, 3.05) is 19.6 Å². The van der Waals surface area contributed by atoms with Crippen LogP contribution >= 0.6 is 12.2 Å². The lowest BCUT2D eigenvalue weighted by Crippen LogP contribution is -2.38. The third-order valence-electron chi connectivity index (χ3n) is 2.63. The Hall–Kier alpha value is -0.190. The summed E-state index contributed by atoms with van der Waals surface area (Å²) in [6.07, 6.45) is 5.02. The topological polar surface area (TPSA) is 49.5 Å². The Morgan fingerprint density at radius 1 is 1.50 bits per heavy atom. The first-order valence-electron chi connectivity index (χ1n) is 5.37. The molecule has 1 atom stereocenters. The molecule has 3 nitrogen and oxygen atoms in total. The molecule has 14 heavy (non-hydrogen) atoms. The van der Waals surface area contributed by atoms with E-state index >= 15 is 0 Å². The highest BCUT2D eigenvalue weighted by Gasteiger charge is 2.16. The minimum absolute atomic E-state index is 0.112. The Morgan fingerprint density at radius 2 is 2.29 bits per heavy atom. The van der Waals surface area contributed by atoms with Crippen molar-refractivity contribution in [3.63, 3.8) is 0 Å². The first-order valence-corrected chi connectivity index (χ1v) is 5.78. The van der Waals surface area contributed by atoms with E-state index in [2.05, 4.69) is 4.90 Å². The van der Waals surface area contributed by atoms with Crippen LogP contribution < -0.4 is 5.73 Å². The summed E-state index contributed by atoms with van der Waals surface area (Å²) in [4.78, 5) is 2.94. The summed E-state index contributed by atoms with van der Waals surface area (Å²) in [6, 6.07) is 0. The maximum atomic E-state index is 9.44. The lowest BCUT2D eigenvalue weighted by Gasteiger charge is -2.29. The molecule has 0 bridgehead atoms. The third-order valence-corrected chi connectivity index (χ3v) is 2.83. The maximum absolute atomic E-state index is 9.44. The number of nitrogens with two attached hydrogens (primary N) is 1. The number of aliphatic hydroxyl groups excluding tert-OH is 1. The van der Waals surface area contributed by atoms with Gasteiger partial charge in [-0.3, -0.25) is 0 Å². The number of hydrogen-bond acceptors (Lipinski definition) is 3. The highest BCUT2D eigenvalue weighted by molar-refractivity contribution is 7.80. The number of thiocarbonyl (C=S) groups is 1. The summed E-state index contributed by atoms with van der Waals surface area (Å²) in [5, 5.41) is 9.44. The van der Waals surface area contributed by atoms with Gasteiger partial charge < -0.3 is 15.7 Å². The van der Waals surface area contributed by atoms with Gasteiger partial charge in [-0.25, -0.2) is 0 Å². The summed E-state index contributed by atoms with van der Waals surface area (Å²) in [5.41, 5.74) is 5.41. The molecule has 4 heteroatoms. The van der Waals surface area contributed by atoms with Crippen LogP contribution in [0.5, 0.6) is 0 Å². The van der Waals surface area contributed by atoms with Crippen LogP contribution in [0.25, 0.3) is 0 Å². The van der Waals surface area contributed by atoms with Crippen molar-refractivity contribution in [1.82, 2.24) is 4.90 Å². The van der Waals surface area contributed by atoms with Crippen molar-refractivity contribution in [3.8, 4) is 0 Å². The second-order valence-corrected chi connectivity index (χ2v) is 4.54. The molecule has 82 valence electrons. The van der Waals surface area contributed by atoms with Crippen LogP contribution in [0.3, 0.4) is 0 Å². The predicted molar refractivity (Wildman–Crippen MR) is 62.3 cm³/mol. The molecule has 1 heterocycles. The fraction of sp³-hybridized carbons (Fsp3) is 0.900. The zero-order valence-corrected chi connectivity index (χ0v) is 9.43. The molecule has 0 saturated carbocycles.